The van der Waals surface area contributed by atoms with E-state index in [0.29, 0.717) is 19.1 Å². The number of ether oxygens (including phenoxy) is 1. The molecule has 1 aromatic heterocycles. The number of hydrogen-bond donors (Lipinski definition) is 3. The van der Waals surface area contributed by atoms with Crippen molar-refractivity contribution in [3.05, 3.63) is 12.2 Å². The summed E-state index contributed by atoms with van der Waals surface area (Å²) in [6.07, 6.45) is 2.58. The summed E-state index contributed by atoms with van der Waals surface area (Å²) in [4.78, 5) is 4.30. The Bertz CT molecular complexity index is 363. The summed E-state index contributed by atoms with van der Waals surface area (Å²) >= 11 is 0. The fraction of sp³-hybridized carbons (Fsp3) is 0.700. The number of nitrogens with zero attached hydrogens (tertiary/aromatic N) is 4. The van der Waals surface area contributed by atoms with Crippen LogP contribution in [0.5, 0.6) is 0 Å². The van der Waals surface area contributed by atoms with E-state index in [1.165, 1.54) is 0 Å². The van der Waals surface area contributed by atoms with Crippen molar-refractivity contribution in [2.75, 3.05) is 20.3 Å². The molecular weight excluding hydrogens is 234 g/mol. The number of hydrazine groups is 1. The van der Waals surface area contributed by atoms with Gasteiger partial charge in [-0.25, -0.2) is 10.8 Å². The van der Waals surface area contributed by atoms with Gasteiger partial charge in [-0.1, -0.05) is 0 Å². The van der Waals surface area contributed by atoms with Crippen LogP contribution in [0.15, 0.2) is 11.3 Å². The summed E-state index contributed by atoms with van der Waals surface area (Å²) in [5, 5.41) is 10.9. The van der Waals surface area contributed by atoms with Gasteiger partial charge in [-0.3, -0.25) is 5.43 Å². The van der Waals surface area contributed by atoms with Crippen molar-refractivity contribution in [2.24, 2.45) is 10.8 Å². The maximum absolute atomic E-state index is 5.38. The standard InChI is InChI=1S/C10H21N7O/c1-3-17-8-14-16-9(17)7-13-10(15-11)12-5-4-6-18-2/h8H,3-7,11H2,1-2H3,(H2,12,13,15). The topological polar surface area (TPSA) is 102 Å². The molecule has 0 bridgehead atoms. The van der Waals surface area contributed by atoms with Gasteiger partial charge in [-0.05, 0) is 13.3 Å². The minimum absolute atomic E-state index is 0.435. The number of rotatable bonds is 7. The molecule has 0 aromatic carbocycles. The van der Waals surface area contributed by atoms with E-state index in [9.17, 15) is 0 Å². The fourth-order valence-corrected chi connectivity index (χ4v) is 1.39. The van der Waals surface area contributed by atoms with E-state index in [4.69, 9.17) is 10.6 Å². The maximum Gasteiger partial charge on any atom is 0.206 e. The lowest BCUT2D eigenvalue weighted by Gasteiger charge is -2.08. The highest BCUT2D eigenvalue weighted by Crippen LogP contribution is 1.96. The monoisotopic (exact) mass is 255 g/mol. The van der Waals surface area contributed by atoms with Crippen LogP contribution in [0.25, 0.3) is 0 Å². The molecule has 0 atom stereocenters. The molecule has 0 aliphatic rings. The molecule has 4 N–H and O–H groups in total. The van der Waals surface area contributed by atoms with Crippen LogP contribution in [-0.2, 0) is 17.8 Å². The number of aliphatic imine (C=N–C) groups is 1. The Kier molecular flexibility index (Phi) is 6.74. The molecule has 1 heterocycles. The zero-order valence-electron chi connectivity index (χ0n) is 10.9. The number of aryl methyl sites for hydroxylation is 1. The van der Waals surface area contributed by atoms with Gasteiger partial charge in [0.05, 0.1) is 0 Å². The second kappa shape index (κ2) is 8.43. The van der Waals surface area contributed by atoms with Crippen LogP contribution in [0.4, 0.5) is 0 Å². The number of nitrogens with one attached hydrogen (secondary N) is 2. The van der Waals surface area contributed by atoms with Crippen molar-refractivity contribution in [3.8, 4) is 0 Å². The van der Waals surface area contributed by atoms with Crippen LogP contribution >= 0.6 is 0 Å². The Hall–Kier alpha value is -1.67. The molecule has 0 unspecified atom stereocenters. The highest BCUT2D eigenvalue weighted by Gasteiger charge is 2.02. The van der Waals surface area contributed by atoms with Crippen LogP contribution < -0.4 is 16.6 Å². The highest BCUT2D eigenvalue weighted by atomic mass is 16.5. The van der Waals surface area contributed by atoms with E-state index >= 15 is 0 Å². The van der Waals surface area contributed by atoms with Gasteiger partial charge in [0, 0.05) is 26.8 Å². The summed E-state index contributed by atoms with van der Waals surface area (Å²) in [7, 11) is 1.67. The van der Waals surface area contributed by atoms with E-state index in [1.807, 2.05) is 11.5 Å². The first-order chi connectivity index (χ1) is 8.81. The lowest BCUT2D eigenvalue weighted by Crippen LogP contribution is -2.42. The van der Waals surface area contributed by atoms with Gasteiger partial charge in [0.15, 0.2) is 5.82 Å². The Labute approximate surface area is 107 Å². The normalized spacial score (nSPS) is 11.6. The molecule has 0 fully saturated rings. The van der Waals surface area contributed by atoms with Crippen molar-refractivity contribution in [2.45, 2.75) is 26.4 Å². The van der Waals surface area contributed by atoms with E-state index < -0.39 is 0 Å². The van der Waals surface area contributed by atoms with Gasteiger partial charge in [0.1, 0.15) is 12.9 Å². The van der Waals surface area contributed by atoms with Gasteiger partial charge in [0.25, 0.3) is 0 Å². The maximum atomic E-state index is 5.38. The molecule has 0 aliphatic heterocycles. The molecular formula is C10H21N7O. The zero-order valence-corrected chi connectivity index (χ0v) is 10.9. The zero-order chi connectivity index (χ0) is 13.2. The molecule has 8 heteroatoms. The molecule has 0 radical (unpaired) electrons. The molecule has 0 saturated carbocycles. The Balaban J connectivity index is 2.42. The third kappa shape index (κ3) is 4.68. The number of methoxy groups -OCH3 is 1. The smallest absolute Gasteiger partial charge is 0.206 e. The van der Waals surface area contributed by atoms with Crippen molar-refractivity contribution >= 4 is 5.96 Å². The first-order valence-electron chi connectivity index (χ1n) is 5.92. The van der Waals surface area contributed by atoms with Crippen LogP contribution in [0, 0.1) is 0 Å². The minimum atomic E-state index is 0.435. The lowest BCUT2D eigenvalue weighted by atomic mass is 10.4. The summed E-state index contributed by atoms with van der Waals surface area (Å²) in [6.45, 7) is 4.74. The van der Waals surface area contributed by atoms with Gasteiger partial charge >= 0.3 is 0 Å². The molecule has 102 valence electrons. The molecule has 0 spiro atoms. The Morgan fingerprint density at radius 1 is 1.61 bits per heavy atom. The third-order valence-electron chi connectivity index (χ3n) is 2.37. The molecule has 18 heavy (non-hydrogen) atoms. The summed E-state index contributed by atoms with van der Waals surface area (Å²) < 4.78 is 6.89. The summed E-state index contributed by atoms with van der Waals surface area (Å²) in [5.41, 5.74) is 2.52. The van der Waals surface area contributed by atoms with Gasteiger partial charge < -0.3 is 14.6 Å². The molecule has 1 aromatic rings. The first kappa shape index (κ1) is 14.4. The van der Waals surface area contributed by atoms with E-state index in [0.717, 1.165) is 25.3 Å². The van der Waals surface area contributed by atoms with Crippen molar-refractivity contribution in [1.82, 2.24) is 25.5 Å². The SMILES string of the molecule is CCn1cnnc1CN=C(NN)NCCCOC. The molecule has 0 saturated heterocycles. The predicted molar refractivity (Wildman–Crippen MR) is 68.7 cm³/mol. The molecule has 0 aliphatic carbocycles. The number of aromatic nitrogens is 3. The van der Waals surface area contributed by atoms with E-state index in [1.54, 1.807) is 13.4 Å². The van der Waals surface area contributed by atoms with Crippen molar-refractivity contribution < 1.29 is 4.74 Å². The molecule has 1 rings (SSSR count). The first-order valence-corrected chi connectivity index (χ1v) is 5.92. The van der Waals surface area contributed by atoms with Gasteiger partial charge in [-0.15, -0.1) is 10.2 Å². The Morgan fingerprint density at radius 3 is 3.11 bits per heavy atom. The van der Waals surface area contributed by atoms with Gasteiger partial charge in [0.2, 0.25) is 5.96 Å². The second-order valence-electron chi connectivity index (χ2n) is 3.62. The number of guanidine groups is 1. The van der Waals surface area contributed by atoms with Crippen LogP contribution in [0.3, 0.4) is 0 Å². The molecule has 0 amide bonds. The fourth-order valence-electron chi connectivity index (χ4n) is 1.39. The number of nitrogens with two attached hydrogens (primary N) is 1. The van der Waals surface area contributed by atoms with Gasteiger partial charge in [-0.2, -0.15) is 0 Å². The van der Waals surface area contributed by atoms with Crippen LogP contribution in [-0.4, -0.2) is 41.0 Å². The predicted octanol–water partition coefficient (Wildman–Crippen LogP) is -0.757. The van der Waals surface area contributed by atoms with E-state index in [-0.39, 0.29) is 0 Å². The van der Waals surface area contributed by atoms with Crippen LogP contribution in [0.2, 0.25) is 0 Å². The summed E-state index contributed by atoms with van der Waals surface area (Å²) in [6, 6.07) is 0. The van der Waals surface area contributed by atoms with Crippen molar-refractivity contribution in [1.29, 1.82) is 0 Å². The second-order valence-corrected chi connectivity index (χ2v) is 3.62. The molecule has 8 nitrogen and oxygen atoms in total. The van der Waals surface area contributed by atoms with Crippen LogP contribution in [0.1, 0.15) is 19.2 Å². The van der Waals surface area contributed by atoms with Crippen molar-refractivity contribution in [3.63, 3.8) is 0 Å². The average Bonchev–Trinajstić information content (AvgIpc) is 2.85. The average molecular weight is 255 g/mol. The third-order valence-corrected chi connectivity index (χ3v) is 2.37. The largest absolute Gasteiger partial charge is 0.385 e. The number of hydrogen-bond acceptors (Lipinski definition) is 5. The highest BCUT2D eigenvalue weighted by molar-refractivity contribution is 5.79. The Morgan fingerprint density at radius 2 is 2.44 bits per heavy atom. The summed E-state index contributed by atoms with van der Waals surface area (Å²) in [5.74, 6) is 6.73. The quantitative estimate of drug-likeness (QED) is 0.195. The van der Waals surface area contributed by atoms with E-state index in [2.05, 4.69) is 25.9 Å². The lowest BCUT2D eigenvalue weighted by molar-refractivity contribution is 0.195. The minimum Gasteiger partial charge on any atom is -0.385 e.